The summed E-state index contributed by atoms with van der Waals surface area (Å²) in [5.41, 5.74) is 17.5. The van der Waals surface area contributed by atoms with Crippen LogP contribution in [0, 0.1) is 0 Å². The van der Waals surface area contributed by atoms with Gasteiger partial charge in [-0.05, 0) is 104 Å². The molecule has 0 unspecified atom stereocenters. The van der Waals surface area contributed by atoms with Crippen molar-refractivity contribution >= 4 is 21.8 Å². The molecule has 0 saturated heterocycles. The number of rotatable bonds is 11. The second-order valence-corrected chi connectivity index (χ2v) is 19.5. The van der Waals surface area contributed by atoms with E-state index in [-0.39, 0.29) is 0 Å². The van der Waals surface area contributed by atoms with E-state index < -0.39 is 0 Å². The molecule has 7 nitrogen and oxygen atoms in total. The van der Waals surface area contributed by atoms with Crippen LogP contribution in [0.25, 0.3) is 140 Å². The van der Waals surface area contributed by atoms with Gasteiger partial charge in [0.15, 0.2) is 29.1 Å². The number of aromatic nitrogens is 7. The summed E-state index contributed by atoms with van der Waals surface area (Å²) in [6.45, 7) is 0. The summed E-state index contributed by atoms with van der Waals surface area (Å²) in [4.78, 5) is 31.3. The fourth-order valence-corrected chi connectivity index (χ4v) is 10.6. The molecule has 0 bridgehead atoms. The molecule has 0 spiro atoms. The van der Waals surface area contributed by atoms with Crippen molar-refractivity contribution in [3.8, 4) is 119 Å². The minimum Gasteiger partial charge on any atom is -0.278 e. The molecule has 14 aromatic rings. The first-order valence-electron chi connectivity index (χ1n) is 26.4. The summed E-state index contributed by atoms with van der Waals surface area (Å²) in [7, 11) is 0. The first-order chi connectivity index (χ1) is 39.1. The van der Waals surface area contributed by atoms with E-state index in [9.17, 15) is 0 Å². The largest absolute Gasteiger partial charge is 0.278 e. The Morgan fingerprint density at radius 3 is 1.01 bits per heavy atom. The van der Waals surface area contributed by atoms with Gasteiger partial charge in [-0.25, -0.2) is 19.9 Å². The van der Waals surface area contributed by atoms with E-state index in [0.29, 0.717) is 35.1 Å². The average molecular weight is 1010 g/mol. The van der Waals surface area contributed by atoms with Crippen LogP contribution in [-0.2, 0) is 0 Å². The molecule has 370 valence electrons. The lowest BCUT2D eigenvalue weighted by atomic mass is 9.93. The van der Waals surface area contributed by atoms with E-state index in [1.54, 1.807) is 0 Å². The quantitative estimate of drug-likeness (QED) is 0.128. The second kappa shape index (κ2) is 20.4. The Labute approximate surface area is 457 Å². The summed E-state index contributed by atoms with van der Waals surface area (Å²) in [5, 5.41) is 2.14. The van der Waals surface area contributed by atoms with Crippen LogP contribution in [0.2, 0.25) is 0 Å². The maximum absolute atomic E-state index is 5.32. The average Bonchev–Trinajstić information content (AvgIpc) is 4.14. The maximum Gasteiger partial charge on any atom is 0.238 e. The molecule has 79 heavy (non-hydrogen) atoms. The smallest absolute Gasteiger partial charge is 0.238 e. The van der Waals surface area contributed by atoms with Crippen LogP contribution >= 0.6 is 0 Å². The van der Waals surface area contributed by atoms with Crippen molar-refractivity contribution in [3.05, 3.63) is 285 Å². The number of nitrogens with zero attached hydrogens (tertiary/aromatic N) is 7. The zero-order chi connectivity index (χ0) is 52.5. The summed E-state index contributed by atoms with van der Waals surface area (Å²) < 4.78 is 2.19. The predicted octanol–water partition coefficient (Wildman–Crippen LogP) is 17.8. The normalized spacial score (nSPS) is 11.3. The van der Waals surface area contributed by atoms with E-state index in [2.05, 4.69) is 199 Å². The number of fused-ring (bicyclic) bond motifs is 3. The summed E-state index contributed by atoms with van der Waals surface area (Å²) in [6, 6.07) is 99.1. The third-order valence-corrected chi connectivity index (χ3v) is 14.5. The summed E-state index contributed by atoms with van der Waals surface area (Å²) in [6.07, 6.45) is 0. The molecular weight excluding hydrogens is 963 g/mol. The Balaban J connectivity index is 0.927. The van der Waals surface area contributed by atoms with Crippen LogP contribution in [0.15, 0.2) is 285 Å². The van der Waals surface area contributed by atoms with Gasteiger partial charge in [-0.3, -0.25) is 4.57 Å². The Kier molecular flexibility index (Phi) is 12.1. The van der Waals surface area contributed by atoms with Gasteiger partial charge in [0.1, 0.15) is 0 Å². The van der Waals surface area contributed by atoms with Gasteiger partial charge < -0.3 is 0 Å². The van der Waals surface area contributed by atoms with Crippen molar-refractivity contribution in [3.63, 3.8) is 0 Å². The van der Waals surface area contributed by atoms with E-state index in [1.165, 1.54) is 0 Å². The highest BCUT2D eigenvalue weighted by Crippen LogP contribution is 2.42. The van der Waals surface area contributed by atoms with E-state index >= 15 is 0 Å². The lowest BCUT2D eigenvalue weighted by molar-refractivity contribution is 0.953. The SMILES string of the molecule is c1ccc(-c2cc(-c3ccccc3)cc(-c3cccc(-c4nc(-c5ccccc5)nc(-c5cccc(-c6cccc7c6c6cc(-c8ccccc8)ccc6n7-c6nc(-c7ccccc7)nc(-c7ccccc7)n6)c5)n4)c3)c2)cc1. The van der Waals surface area contributed by atoms with Crippen LogP contribution in [0.5, 0.6) is 0 Å². The van der Waals surface area contributed by atoms with Gasteiger partial charge in [0, 0.05) is 38.6 Å². The molecule has 7 heteroatoms. The lowest BCUT2D eigenvalue weighted by Crippen LogP contribution is -2.06. The molecule has 0 aliphatic rings. The molecule has 3 heterocycles. The molecule has 0 amide bonds. The highest BCUT2D eigenvalue weighted by Gasteiger charge is 2.22. The van der Waals surface area contributed by atoms with Gasteiger partial charge in [-0.1, -0.05) is 237 Å². The molecule has 0 radical (unpaired) electrons. The fourth-order valence-electron chi connectivity index (χ4n) is 10.6. The van der Waals surface area contributed by atoms with Crippen molar-refractivity contribution in [1.82, 2.24) is 34.5 Å². The third kappa shape index (κ3) is 9.21. The van der Waals surface area contributed by atoms with Crippen molar-refractivity contribution in [2.45, 2.75) is 0 Å². The van der Waals surface area contributed by atoms with Gasteiger partial charge in [0.25, 0.3) is 0 Å². The van der Waals surface area contributed by atoms with Crippen molar-refractivity contribution in [2.75, 3.05) is 0 Å². The molecule has 0 fully saturated rings. The monoisotopic (exact) mass is 1010 g/mol. The van der Waals surface area contributed by atoms with Crippen molar-refractivity contribution in [2.24, 2.45) is 0 Å². The maximum atomic E-state index is 5.32. The van der Waals surface area contributed by atoms with Crippen LogP contribution < -0.4 is 0 Å². The molecular formula is C72H47N7. The Bertz CT molecular complexity index is 4390. The van der Waals surface area contributed by atoms with Gasteiger partial charge in [-0.15, -0.1) is 0 Å². The minimum atomic E-state index is 0.529. The summed E-state index contributed by atoms with van der Waals surface area (Å²) in [5.74, 6) is 3.46. The zero-order valence-electron chi connectivity index (χ0n) is 42.8. The summed E-state index contributed by atoms with van der Waals surface area (Å²) >= 11 is 0. The van der Waals surface area contributed by atoms with Gasteiger partial charge in [0.05, 0.1) is 11.0 Å². The van der Waals surface area contributed by atoms with Crippen LogP contribution in [0.3, 0.4) is 0 Å². The molecule has 0 N–H and O–H groups in total. The van der Waals surface area contributed by atoms with Crippen LogP contribution in [0.1, 0.15) is 0 Å². The first kappa shape index (κ1) is 46.7. The zero-order valence-corrected chi connectivity index (χ0v) is 42.8. The van der Waals surface area contributed by atoms with Crippen molar-refractivity contribution in [1.29, 1.82) is 0 Å². The second-order valence-electron chi connectivity index (χ2n) is 19.5. The fraction of sp³-hybridized carbons (Fsp3) is 0. The minimum absolute atomic E-state index is 0.529. The molecule has 14 rings (SSSR count). The predicted molar refractivity (Wildman–Crippen MR) is 322 cm³/mol. The Morgan fingerprint density at radius 2 is 0.532 bits per heavy atom. The van der Waals surface area contributed by atoms with Gasteiger partial charge >= 0.3 is 0 Å². The molecule has 0 atom stereocenters. The van der Waals surface area contributed by atoms with Crippen LogP contribution in [0.4, 0.5) is 0 Å². The molecule has 0 saturated carbocycles. The molecule has 0 aliphatic carbocycles. The van der Waals surface area contributed by atoms with Gasteiger partial charge in [0.2, 0.25) is 5.95 Å². The van der Waals surface area contributed by atoms with Crippen LogP contribution in [-0.4, -0.2) is 34.5 Å². The standard InChI is InChI=1S/C72H47N7/c1-7-22-48(23-8-1)55-40-41-64-63(47-55)66-62(38-21-39-65(66)79(64)72-77-68(52-30-15-5-16-31-52)75-69(78-72)53-32-17-6-18-33-53)56-35-20-37-58(43-56)71-74-67(51-28-13-4-14-29-51)73-70(76-71)57-36-19-34-54(42-57)61-45-59(49-24-9-2-10-25-49)44-60(46-61)50-26-11-3-12-27-50/h1-47H. The Morgan fingerprint density at radius 1 is 0.203 bits per heavy atom. The third-order valence-electron chi connectivity index (χ3n) is 14.5. The number of benzene rings is 11. The molecule has 11 aromatic carbocycles. The van der Waals surface area contributed by atoms with E-state index in [0.717, 1.165) is 105 Å². The number of hydrogen-bond acceptors (Lipinski definition) is 6. The molecule has 3 aromatic heterocycles. The first-order valence-corrected chi connectivity index (χ1v) is 26.4. The van der Waals surface area contributed by atoms with Crippen molar-refractivity contribution < 1.29 is 0 Å². The highest BCUT2D eigenvalue weighted by atomic mass is 15.2. The topological polar surface area (TPSA) is 82.3 Å². The van der Waals surface area contributed by atoms with Gasteiger partial charge in [-0.2, -0.15) is 9.97 Å². The van der Waals surface area contributed by atoms with E-state index in [1.807, 2.05) is 91.0 Å². The lowest BCUT2D eigenvalue weighted by Gasteiger charge is -2.13. The molecule has 0 aliphatic heterocycles. The number of hydrogen-bond donors (Lipinski definition) is 0. The van der Waals surface area contributed by atoms with E-state index in [4.69, 9.17) is 29.9 Å². The Hall–Kier alpha value is -10.8. The highest BCUT2D eigenvalue weighted by molar-refractivity contribution is 6.16.